The van der Waals surface area contributed by atoms with E-state index in [0.717, 1.165) is 21.7 Å². The van der Waals surface area contributed by atoms with Crippen molar-refractivity contribution < 1.29 is 14.3 Å². The molecule has 4 heterocycles. The maximum Gasteiger partial charge on any atom is 0.266 e. The Labute approximate surface area is 197 Å². The molecule has 33 heavy (non-hydrogen) atoms. The van der Waals surface area contributed by atoms with E-state index in [-0.39, 0.29) is 18.5 Å². The number of aromatic nitrogens is 4. The van der Waals surface area contributed by atoms with E-state index in [1.165, 1.54) is 9.81 Å². The molecule has 1 aromatic carbocycles. The average molecular weight is 481 g/mol. The summed E-state index contributed by atoms with van der Waals surface area (Å²) in [6.45, 7) is -0.0673. The molecule has 0 aliphatic carbocycles. The van der Waals surface area contributed by atoms with Crippen LogP contribution in [0.15, 0.2) is 57.6 Å². The number of carbonyl (C=O) groups excluding carboxylic acids is 1. The first-order valence-electron chi connectivity index (χ1n) is 10.1. The minimum absolute atomic E-state index is 0.0673. The summed E-state index contributed by atoms with van der Waals surface area (Å²) in [5.41, 5.74) is 2.64. The Morgan fingerprint density at radius 1 is 1.15 bits per heavy atom. The number of thiophene rings is 2. The lowest BCUT2D eigenvalue weighted by atomic mass is 10.0. The van der Waals surface area contributed by atoms with Crippen LogP contribution < -0.4 is 9.47 Å². The first-order chi connectivity index (χ1) is 16.2. The van der Waals surface area contributed by atoms with Gasteiger partial charge in [0.1, 0.15) is 6.54 Å². The molecule has 0 saturated heterocycles. The van der Waals surface area contributed by atoms with E-state index >= 15 is 0 Å². The molecule has 1 aliphatic heterocycles. The minimum Gasteiger partial charge on any atom is -0.493 e. The van der Waals surface area contributed by atoms with Crippen molar-refractivity contribution in [3.8, 4) is 22.9 Å². The van der Waals surface area contributed by atoms with Gasteiger partial charge in [-0.15, -0.1) is 21.5 Å². The number of carbonyl (C=O) groups is 1. The molecule has 4 aromatic rings. The molecule has 168 valence electrons. The summed E-state index contributed by atoms with van der Waals surface area (Å²) >= 11 is 3.15. The Balaban J connectivity index is 1.43. The fraction of sp³-hybridized carbons (Fsp3) is 0.227. The van der Waals surface area contributed by atoms with E-state index in [4.69, 9.17) is 14.6 Å². The molecule has 11 heteroatoms. The third-order valence-corrected chi connectivity index (χ3v) is 6.87. The SMILES string of the molecule is COc1ccc(C2CC(c3cccs3)=NN2C(=O)Cn2nnc(-c3ccsc3)n2)cc1OC. The van der Waals surface area contributed by atoms with E-state index in [1.54, 1.807) is 36.9 Å². The number of hydrogen-bond acceptors (Lipinski definition) is 9. The van der Waals surface area contributed by atoms with Crippen LogP contribution in [0.4, 0.5) is 0 Å². The van der Waals surface area contributed by atoms with Crippen LogP contribution in [0.1, 0.15) is 22.9 Å². The monoisotopic (exact) mass is 480 g/mol. The maximum absolute atomic E-state index is 13.3. The summed E-state index contributed by atoms with van der Waals surface area (Å²) in [5, 5.41) is 24.6. The molecule has 0 bridgehead atoms. The third-order valence-electron chi connectivity index (χ3n) is 5.27. The quantitative estimate of drug-likeness (QED) is 0.399. The van der Waals surface area contributed by atoms with Crippen molar-refractivity contribution in [2.24, 2.45) is 5.10 Å². The molecule has 0 spiro atoms. The van der Waals surface area contributed by atoms with Crippen LogP contribution in [0, 0.1) is 0 Å². The highest BCUT2D eigenvalue weighted by atomic mass is 32.1. The Hall–Kier alpha value is -3.57. The molecule has 1 aliphatic rings. The highest BCUT2D eigenvalue weighted by Gasteiger charge is 2.34. The molecule has 5 rings (SSSR count). The van der Waals surface area contributed by atoms with Crippen molar-refractivity contribution >= 4 is 34.3 Å². The number of tetrazole rings is 1. The van der Waals surface area contributed by atoms with Crippen molar-refractivity contribution in [3.05, 3.63) is 63.0 Å². The van der Waals surface area contributed by atoms with E-state index in [2.05, 4.69) is 15.4 Å². The van der Waals surface area contributed by atoms with Gasteiger partial charge >= 0.3 is 0 Å². The first-order valence-corrected chi connectivity index (χ1v) is 11.9. The number of ether oxygens (including phenoxy) is 2. The van der Waals surface area contributed by atoms with Gasteiger partial charge in [-0.3, -0.25) is 4.79 Å². The summed E-state index contributed by atoms with van der Waals surface area (Å²) in [7, 11) is 3.19. The van der Waals surface area contributed by atoms with Crippen LogP contribution in [0.5, 0.6) is 11.5 Å². The van der Waals surface area contributed by atoms with Crippen LogP contribution in [0.2, 0.25) is 0 Å². The molecule has 0 N–H and O–H groups in total. The standard InChI is InChI=1S/C22H20N6O3S2/c1-30-18-6-5-14(10-19(18)31-2)17-11-16(20-4-3-8-33-20)24-28(17)21(29)12-27-25-22(23-26-27)15-7-9-32-13-15/h3-10,13,17H,11-12H2,1-2H3. The molecule has 3 aromatic heterocycles. The molecule has 1 amide bonds. The summed E-state index contributed by atoms with van der Waals surface area (Å²) in [4.78, 5) is 15.7. The van der Waals surface area contributed by atoms with Gasteiger partial charge in [0.25, 0.3) is 5.91 Å². The topological polar surface area (TPSA) is 94.7 Å². The van der Waals surface area contributed by atoms with Crippen molar-refractivity contribution in [1.82, 2.24) is 25.2 Å². The Morgan fingerprint density at radius 2 is 2.03 bits per heavy atom. The second-order valence-electron chi connectivity index (χ2n) is 7.25. The summed E-state index contributed by atoms with van der Waals surface area (Å²) in [6.07, 6.45) is 0.590. The van der Waals surface area contributed by atoms with Crippen molar-refractivity contribution in [1.29, 1.82) is 0 Å². The zero-order valence-electron chi connectivity index (χ0n) is 17.9. The first kappa shape index (κ1) is 21.3. The number of benzene rings is 1. The van der Waals surface area contributed by atoms with Crippen molar-refractivity contribution in [2.75, 3.05) is 14.2 Å². The second-order valence-corrected chi connectivity index (χ2v) is 8.98. The predicted octanol–water partition coefficient (Wildman–Crippen LogP) is 3.86. The normalized spacial score (nSPS) is 15.5. The Kier molecular flexibility index (Phi) is 5.88. The smallest absolute Gasteiger partial charge is 0.266 e. The van der Waals surface area contributed by atoms with Gasteiger partial charge in [0.05, 0.1) is 30.9 Å². The lowest BCUT2D eigenvalue weighted by molar-refractivity contribution is -0.134. The van der Waals surface area contributed by atoms with E-state index < -0.39 is 0 Å². The van der Waals surface area contributed by atoms with Gasteiger partial charge in [0, 0.05) is 17.4 Å². The number of methoxy groups -OCH3 is 2. The molecule has 1 unspecified atom stereocenters. The highest BCUT2D eigenvalue weighted by Crippen LogP contribution is 2.38. The van der Waals surface area contributed by atoms with Crippen molar-refractivity contribution in [3.63, 3.8) is 0 Å². The minimum atomic E-state index is -0.283. The summed E-state index contributed by atoms with van der Waals surface area (Å²) in [5.74, 6) is 1.50. The van der Waals surface area contributed by atoms with E-state index in [9.17, 15) is 4.79 Å². The zero-order chi connectivity index (χ0) is 22.8. The molecule has 1 atom stereocenters. The van der Waals surface area contributed by atoms with Gasteiger partial charge in [0.15, 0.2) is 11.5 Å². The van der Waals surface area contributed by atoms with Crippen LogP contribution in [-0.2, 0) is 11.3 Å². The molecular formula is C22H20N6O3S2. The van der Waals surface area contributed by atoms with Crippen LogP contribution in [0.3, 0.4) is 0 Å². The predicted molar refractivity (Wildman–Crippen MR) is 126 cm³/mol. The molecule has 9 nitrogen and oxygen atoms in total. The fourth-order valence-electron chi connectivity index (χ4n) is 3.66. The van der Waals surface area contributed by atoms with Crippen LogP contribution in [0.25, 0.3) is 11.4 Å². The van der Waals surface area contributed by atoms with Gasteiger partial charge in [-0.25, -0.2) is 5.01 Å². The van der Waals surface area contributed by atoms with E-state index in [0.29, 0.717) is 23.7 Å². The van der Waals surface area contributed by atoms with Crippen LogP contribution in [-0.4, -0.2) is 51.1 Å². The number of nitrogens with zero attached hydrogens (tertiary/aromatic N) is 6. The third kappa shape index (κ3) is 4.24. The summed E-state index contributed by atoms with van der Waals surface area (Å²) < 4.78 is 10.8. The Morgan fingerprint density at radius 3 is 2.76 bits per heavy atom. The lowest BCUT2D eigenvalue weighted by Gasteiger charge is -2.22. The van der Waals surface area contributed by atoms with Crippen molar-refractivity contribution in [2.45, 2.75) is 19.0 Å². The molecule has 0 fully saturated rings. The average Bonchev–Trinajstić information content (AvgIpc) is 3.63. The van der Waals surface area contributed by atoms with Gasteiger partial charge in [-0.2, -0.15) is 21.2 Å². The number of amides is 1. The van der Waals surface area contributed by atoms with Crippen LogP contribution >= 0.6 is 22.7 Å². The van der Waals surface area contributed by atoms with Gasteiger partial charge < -0.3 is 9.47 Å². The van der Waals surface area contributed by atoms with Gasteiger partial charge in [-0.05, 0) is 45.8 Å². The second kappa shape index (κ2) is 9.12. The summed E-state index contributed by atoms with van der Waals surface area (Å²) in [6, 6.07) is 11.3. The molecule has 0 saturated carbocycles. The number of hydrogen-bond donors (Lipinski definition) is 0. The van der Waals surface area contributed by atoms with E-state index in [1.807, 2.05) is 52.5 Å². The Bertz CT molecular complexity index is 1280. The molecule has 0 radical (unpaired) electrons. The van der Waals surface area contributed by atoms with Gasteiger partial charge in [0.2, 0.25) is 5.82 Å². The zero-order valence-corrected chi connectivity index (χ0v) is 19.5. The molecular weight excluding hydrogens is 460 g/mol. The number of rotatable bonds is 7. The number of hydrazone groups is 1. The fourth-order valence-corrected chi connectivity index (χ4v) is 5.02. The van der Waals surface area contributed by atoms with Gasteiger partial charge in [-0.1, -0.05) is 12.1 Å². The lowest BCUT2D eigenvalue weighted by Crippen LogP contribution is -2.31. The largest absolute Gasteiger partial charge is 0.493 e. The highest BCUT2D eigenvalue weighted by molar-refractivity contribution is 7.12. The maximum atomic E-state index is 13.3.